The van der Waals surface area contributed by atoms with Crippen LogP contribution in [-0.2, 0) is 0 Å². The van der Waals surface area contributed by atoms with E-state index in [1.807, 2.05) is 41.7 Å². The average Bonchev–Trinajstić information content (AvgIpc) is 2.51. The first-order valence-corrected chi connectivity index (χ1v) is 10.7. The normalized spacial score (nSPS) is 18.5. The Labute approximate surface area is 152 Å². The summed E-state index contributed by atoms with van der Waals surface area (Å²) < 4.78 is 0.149. The molecule has 1 nitrogen and oxygen atoms in total. The molecule has 0 unspecified atom stereocenters. The van der Waals surface area contributed by atoms with Crippen molar-refractivity contribution in [3.05, 3.63) is 28.2 Å². The summed E-state index contributed by atoms with van der Waals surface area (Å²) in [7, 11) is 0. The largest absolute Gasteiger partial charge is 0.242 e. The Balaban J connectivity index is 2.44. The van der Waals surface area contributed by atoms with Gasteiger partial charge in [-0.1, -0.05) is 62.4 Å². The van der Waals surface area contributed by atoms with Crippen molar-refractivity contribution < 1.29 is 0 Å². The van der Waals surface area contributed by atoms with Gasteiger partial charge in [0.15, 0.2) is 0 Å². The second-order valence-electron chi connectivity index (χ2n) is 5.41. The number of halogens is 2. The van der Waals surface area contributed by atoms with Crippen LogP contribution in [0, 0.1) is 0 Å². The number of aliphatic imine (C=N–C) groups is 1. The zero-order valence-corrected chi connectivity index (χ0v) is 16.3. The van der Waals surface area contributed by atoms with E-state index in [0.29, 0.717) is 10.0 Å². The van der Waals surface area contributed by atoms with Crippen molar-refractivity contribution in [2.75, 3.05) is 11.5 Å². The number of benzene rings is 1. The van der Waals surface area contributed by atoms with Crippen LogP contribution < -0.4 is 0 Å². The Morgan fingerprint density at radius 2 is 1.73 bits per heavy atom. The van der Waals surface area contributed by atoms with Crippen molar-refractivity contribution >= 4 is 57.5 Å². The van der Waals surface area contributed by atoms with E-state index in [1.54, 1.807) is 0 Å². The van der Waals surface area contributed by atoms with Gasteiger partial charge in [0.2, 0.25) is 0 Å². The predicted molar refractivity (Wildman–Crippen MR) is 106 cm³/mol. The van der Waals surface area contributed by atoms with Gasteiger partial charge in [0, 0.05) is 0 Å². The summed E-state index contributed by atoms with van der Waals surface area (Å²) in [5.41, 5.74) is 0.725. The predicted octanol–water partition coefficient (Wildman–Crippen LogP) is 7.23. The minimum Gasteiger partial charge on any atom is -0.242 e. The quantitative estimate of drug-likeness (QED) is 0.397. The van der Waals surface area contributed by atoms with E-state index in [2.05, 4.69) is 13.8 Å². The first-order valence-electron chi connectivity index (χ1n) is 7.93. The highest BCUT2D eigenvalue weighted by Crippen LogP contribution is 2.45. The van der Waals surface area contributed by atoms with Crippen molar-refractivity contribution in [1.29, 1.82) is 0 Å². The summed E-state index contributed by atoms with van der Waals surface area (Å²) in [5.74, 6) is 2.13. The lowest BCUT2D eigenvalue weighted by atomic mass is 9.89. The topological polar surface area (TPSA) is 12.4 Å². The molecule has 1 aliphatic carbocycles. The van der Waals surface area contributed by atoms with Crippen LogP contribution in [0.25, 0.3) is 0 Å². The molecule has 1 aromatic rings. The Morgan fingerprint density at radius 1 is 1.09 bits per heavy atom. The molecule has 0 spiro atoms. The Morgan fingerprint density at radius 3 is 2.27 bits per heavy atom. The van der Waals surface area contributed by atoms with Crippen LogP contribution in [-0.4, -0.2) is 21.3 Å². The zero-order valence-electron chi connectivity index (χ0n) is 13.2. The van der Waals surface area contributed by atoms with Gasteiger partial charge in [-0.05, 0) is 36.5 Å². The fourth-order valence-electron chi connectivity index (χ4n) is 2.92. The molecule has 0 aromatic heterocycles. The van der Waals surface area contributed by atoms with Crippen molar-refractivity contribution in [3.8, 4) is 0 Å². The van der Waals surface area contributed by atoms with Crippen LogP contribution in [0.5, 0.6) is 0 Å². The highest BCUT2D eigenvalue weighted by molar-refractivity contribution is 8.16. The third-order valence-corrected chi connectivity index (χ3v) is 7.13. The zero-order chi connectivity index (χ0) is 16.0. The maximum Gasteiger partial charge on any atom is 0.101 e. The minimum atomic E-state index is 0.149. The van der Waals surface area contributed by atoms with Gasteiger partial charge in [-0.3, -0.25) is 0 Å². The monoisotopic (exact) mass is 375 g/mol. The van der Waals surface area contributed by atoms with Gasteiger partial charge >= 0.3 is 0 Å². The molecule has 0 heterocycles. The Hall–Kier alpha value is 0.170. The SMILES string of the molecule is CCSC(=Nc1c(Cl)cccc1Cl)C1(SCC)CCCCC1. The molecule has 0 saturated heterocycles. The molecule has 1 aromatic carbocycles. The van der Waals surface area contributed by atoms with Gasteiger partial charge in [-0.2, -0.15) is 0 Å². The van der Waals surface area contributed by atoms with Crippen molar-refractivity contribution in [2.45, 2.75) is 50.7 Å². The molecule has 1 aliphatic rings. The summed E-state index contributed by atoms with van der Waals surface area (Å²) in [6.45, 7) is 4.42. The molecule has 0 N–H and O–H groups in total. The highest BCUT2D eigenvalue weighted by atomic mass is 35.5. The first kappa shape index (κ1) is 18.5. The van der Waals surface area contributed by atoms with Crippen LogP contribution in [0.4, 0.5) is 5.69 Å². The van der Waals surface area contributed by atoms with Crippen LogP contribution >= 0.6 is 46.7 Å². The molecule has 122 valence electrons. The Bertz CT molecular complexity index is 500. The molecule has 22 heavy (non-hydrogen) atoms. The molecule has 0 bridgehead atoms. The Kier molecular flexibility index (Phi) is 7.46. The lowest BCUT2D eigenvalue weighted by Crippen LogP contribution is -2.36. The highest BCUT2D eigenvalue weighted by Gasteiger charge is 2.37. The van der Waals surface area contributed by atoms with Gasteiger partial charge < -0.3 is 0 Å². The van der Waals surface area contributed by atoms with Crippen LogP contribution in [0.15, 0.2) is 23.2 Å². The van der Waals surface area contributed by atoms with Gasteiger partial charge in [0.25, 0.3) is 0 Å². The molecular weight excluding hydrogens is 353 g/mol. The van der Waals surface area contributed by atoms with Crippen molar-refractivity contribution in [3.63, 3.8) is 0 Å². The van der Waals surface area contributed by atoms with Crippen molar-refractivity contribution in [2.24, 2.45) is 4.99 Å². The molecule has 1 saturated carbocycles. The molecular formula is C17H23Cl2NS2. The van der Waals surface area contributed by atoms with Crippen molar-refractivity contribution in [1.82, 2.24) is 0 Å². The van der Waals surface area contributed by atoms with Crippen LogP contribution in [0.2, 0.25) is 10.0 Å². The maximum absolute atomic E-state index is 6.33. The van der Waals surface area contributed by atoms with E-state index < -0.39 is 0 Å². The molecule has 0 amide bonds. The molecule has 1 fully saturated rings. The van der Waals surface area contributed by atoms with Gasteiger partial charge in [0.1, 0.15) is 5.69 Å². The minimum absolute atomic E-state index is 0.149. The smallest absolute Gasteiger partial charge is 0.101 e. The number of hydrogen-bond acceptors (Lipinski definition) is 3. The van der Waals surface area contributed by atoms with Crippen LogP contribution in [0.1, 0.15) is 46.0 Å². The fraction of sp³-hybridized carbons (Fsp3) is 0.588. The lowest BCUT2D eigenvalue weighted by molar-refractivity contribution is 0.473. The fourth-order valence-corrected chi connectivity index (χ4v) is 5.95. The summed E-state index contributed by atoms with van der Waals surface area (Å²) >= 11 is 16.5. The third-order valence-electron chi connectivity index (χ3n) is 3.90. The number of nitrogens with zero attached hydrogens (tertiary/aromatic N) is 1. The van der Waals surface area contributed by atoms with Gasteiger partial charge in [-0.15, -0.1) is 23.5 Å². The van der Waals surface area contributed by atoms with Crippen LogP contribution in [0.3, 0.4) is 0 Å². The number of rotatable bonds is 5. The molecule has 0 aliphatic heterocycles. The first-order chi connectivity index (χ1) is 10.6. The van der Waals surface area contributed by atoms with E-state index in [4.69, 9.17) is 28.2 Å². The molecule has 5 heteroatoms. The maximum atomic E-state index is 6.33. The van der Waals surface area contributed by atoms with E-state index in [-0.39, 0.29) is 4.75 Å². The van der Waals surface area contributed by atoms with Gasteiger partial charge in [0.05, 0.1) is 19.8 Å². The summed E-state index contributed by atoms with van der Waals surface area (Å²) in [5, 5.41) is 2.47. The summed E-state index contributed by atoms with van der Waals surface area (Å²) in [4.78, 5) is 4.96. The van der Waals surface area contributed by atoms with E-state index >= 15 is 0 Å². The third kappa shape index (κ3) is 4.37. The average molecular weight is 376 g/mol. The molecule has 0 radical (unpaired) electrons. The molecule has 2 rings (SSSR count). The van der Waals surface area contributed by atoms with E-state index in [0.717, 1.165) is 17.2 Å². The van der Waals surface area contributed by atoms with E-state index in [1.165, 1.54) is 37.1 Å². The van der Waals surface area contributed by atoms with Gasteiger partial charge in [-0.25, -0.2) is 4.99 Å². The summed E-state index contributed by atoms with van der Waals surface area (Å²) in [6, 6.07) is 5.59. The molecule has 0 atom stereocenters. The standard InChI is InChI=1S/C17H23Cl2NS2/c1-3-21-16(17(22-4-2)11-6-5-7-12-17)20-15-13(18)9-8-10-14(15)19/h8-10H,3-7,11-12H2,1-2H3. The lowest BCUT2D eigenvalue weighted by Gasteiger charge is -2.37. The number of hydrogen-bond donors (Lipinski definition) is 0. The number of para-hydroxylation sites is 1. The second kappa shape index (κ2) is 8.86. The van der Waals surface area contributed by atoms with E-state index in [9.17, 15) is 0 Å². The number of thioether (sulfide) groups is 2. The summed E-state index contributed by atoms with van der Waals surface area (Å²) in [6.07, 6.45) is 6.32. The second-order valence-corrected chi connectivity index (χ2v) is 9.12.